The first-order valence-electron chi connectivity index (χ1n) is 4.49. The van der Waals surface area contributed by atoms with Crippen molar-refractivity contribution >= 4 is 17.6 Å². The van der Waals surface area contributed by atoms with Crippen LogP contribution in [0.4, 0.5) is 11.6 Å². The molecular weight excluding hydrogens is 208 g/mol. The SMILES string of the molecule is O=C(O)c1ccnc(Nc2ccncc2)n1. The monoisotopic (exact) mass is 216 g/mol. The molecule has 0 spiro atoms. The van der Waals surface area contributed by atoms with Crippen molar-refractivity contribution in [3.63, 3.8) is 0 Å². The third-order valence-corrected chi connectivity index (χ3v) is 1.81. The van der Waals surface area contributed by atoms with Crippen molar-refractivity contribution in [2.45, 2.75) is 0 Å². The first kappa shape index (κ1) is 10.0. The molecular formula is C10H8N4O2. The van der Waals surface area contributed by atoms with Gasteiger partial charge in [0.05, 0.1) is 0 Å². The van der Waals surface area contributed by atoms with Crippen LogP contribution in [-0.2, 0) is 0 Å². The van der Waals surface area contributed by atoms with Gasteiger partial charge < -0.3 is 10.4 Å². The van der Waals surface area contributed by atoms with Gasteiger partial charge in [0, 0.05) is 24.3 Å². The Kier molecular flexibility index (Phi) is 2.73. The normalized spacial score (nSPS) is 9.75. The van der Waals surface area contributed by atoms with Gasteiger partial charge in [-0.3, -0.25) is 4.98 Å². The Morgan fingerprint density at radius 1 is 1.19 bits per heavy atom. The molecule has 0 fully saturated rings. The van der Waals surface area contributed by atoms with E-state index in [0.29, 0.717) is 0 Å². The van der Waals surface area contributed by atoms with E-state index in [0.717, 1.165) is 5.69 Å². The molecule has 0 amide bonds. The van der Waals surface area contributed by atoms with Crippen molar-refractivity contribution in [3.8, 4) is 0 Å². The molecule has 0 saturated carbocycles. The van der Waals surface area contributed by atoms with Gasteiger partial charge in [-0.05, 0) is 18.2 Å². The number of hydrogen-bond donors (Lipinski definition) is 2. The smallest absolute Gasteiger partial charge is 0.354 e. The zero-order valence-electron chi connectivity index (χ0n) is 8.16. The number of nitrogens with one attached hydrogen (secondary N) is 1. The van der Waals surface area contributed by atoms with Crippen LogP contribution in [0.15, 0.2) is 36.8 Å². The molecule has 80 valence electrons. The Hall–Kier alpha value is -2.50. The summed E-state index contributed by atoms with van der Waals surface area (Å²) in [5.74, 6) is -0.841. The van der Waals surface area contributed by atoms with Crippen molar-refractivity contribution in [1.82, 2.24) is 15.0 Å². The lowest BCUT2D eigenvalue weighted by Crippen LogP contribution is -2.04. The van der Waals surface area contributed by atoms with Crippen LogP contribution in [0.25, 0.3) is 0 Å². The largest absolute Gasteiger partial charge is 0.477 e. The predicted octanol–water partition coefficient (Wildman–Crippen LogP) is 1.31. The molecule has 6 nitrogen and oxygen atoms in total. The number of carbonyl (C=O) groups is 1. The fourth-order valence-electron chi connectivity index (χ4n) is 1.10. The number of anilines is 2. The van der Waals surface area contributed by atoms with E-state index in [1.165, 1.54) is 12.3 Å². The molecule has 16 heavy (non-hydrogen) atoms. The van der Waals surface area contributed by atoms with Crippen LogP contribution in [0.1, 0.15) is 10.5 Å². The summed E-state index contributed by atoms with van der Waals surface area (Å²) in [6.07, 6.45) is 4.62. The summed E-state index contributed by atoms with van der Waals surface area (Å²) in [7, 11) is 0. The van der Waals surface area contributed by atoms with Crippen molar-refractivity contribution in [2.75, 3.05) is 5.32 Å². The van der Waals surface area contributed by atoms with Gasteiger partial charge in [0.2, 0.25) is 5.95 Å². The van der Waals surface area contributed by atoms with Crippen LogP contribution >= 0.6 is 0 Å². The molecule has 0 aliphatic carbocycles. The minimum absolute atomic E-state index is 0.0495. The molecule has 0 aliphatic rings. The molecule has 2 aromatic heterocycles. The molecule has 6 heteroatoms. The number of carboxylic acids is 1. The average Bonchev–Trinajstić information content (AvgIpc) is 2.30. The van der Waals surface area contributed by atoms with Crippen molar-refractivity contribution < 1.29 is 9.90 Å². The van der Waals surface area contributed by atoms with Gasteiger partial charge in [-0.25, -0.2) is 14.8 Å². The lowest BCUT2D eigenvalue weighted by Gasteiger charge is -2.03. The number of aromatic nitrogens is 3. The lowest BCUT2D eigenvalue weighted by molar-refractivity contribution is 0.0690. The van der Waals surface area contributed by atoms with Crippen LogP contribution in [0.3, 0.4) is 0 Å². The van der Waals surface area contributed by atoms with Crippen molar-refractivity contribution in [2.24, 2.45) is 0 Å². The van der Waals surface area contributed by atoms with Crippen molar-refractivity contribution in [1.29, 1.82) is 0 Å². The van der Waals surface area contributed by atoms with Gasteiger partial charge in [-0.15, -0.1) is 0 Å². The van der Waals surface area contributed by atoms with Gasteiger partial charge >= 0.3 is 5.97 Å². The minimum atomic E-state index is -1.08. The van der Waals surface area contributed by atoms with Crippen LogP contribution in [0, 0.1) is 0 Å². The van der Waals surface area contributed by atoms with Crippen LogP contribution in [0.2, 0.25) is 0 Å². The molecule has 2 heterocycles. The van der Waals surface area contributed by atoms with E-state index in [1.807, 2.05) is 0 Å². The topological polar surface area (TPSA) is 88.0 Å². The van der Waals surface area contributed by atoms with E-state index in [9.17, 15) is 4.79 Å². The highest BCUT2D eigenvalue weighted by molar-refractivity contribution is 5.85. The molecule has 0 aromatic carbocycles. The van der Waals surface area contributed by atoms with E-state index >= 15 is 0 Å². The fourth-order valence-corrected chi connectivity index (χ4v) is 1.10. The molecule has 0 radical (unpaired) electrons. The molecule has 0 saturated heterocycles. The second-order valence-corrected chi connectivity index (χ2v) is 2.93. The second-order valence-electron chi connectivity index (χ2n) is 2.93. The zero-order chi connectivity index (χ0) is 11.4. The Morgan fingerprint density at radius 2 is 1.94 bits per heavy atom. The molecule has 2 N–H and O–H groups in total. The third kappa shape index (κ3) is 2.30. The maximum Gasteiger partial charge on any atom is 0.354 e. The number of carboxylic acid groups (broad SMARTS) is 1. The number of rotatable bonds is 3. The lowest BCUT2D eigenvalue weighted by atomic mass is 10.4. The summed E-state index contributed by atoms with van der Waals surface area (Å²) < 4.78 is 0. The van der Waals surface area contributed by atoms with E-state index < -0.39 is 5.97 Å². The van der Waals surface area contributed by atoms with Crippen molar-refractivity contribution in [3.05, 3.63) is 42.5 Å². The number of hydrogen-bond acceptors (Lipinski definition) is 5. The molecule has 0 atom stereocenters. The van der Waals surface area contributed by atoms with Crippen LogP contribution in [-0.4, -0.2) is 26.0 Å². The molecule has 0 unspecified atom stereocenters. The molecule has 2 rings (SSSR count). The standard InChI is InChI=1S/C10H8N4O2/c15-9(16)8-3-6-12-10(14-8)13-7-1-4-11-5-2-7/h1-6H,(H,15,16)(H,11,12,13,14). The van der Waals surface area contributed by atoms with Gasteiger partial charge in [0.1, 0.15) is 0 Å². The summed E-state index contributed by atoms with van der Waals surface area (Å²) in [6, 6.07) is 4.80. The maximum atomic E-state index is 10.7. The van der Waals surface area contributed by atoms with E-state index in [1.54, 1.807) is 24.5 Å². The molecule has 0 bridgehead atoms. The first-order valence-corrected chi connectivity index (χ1v) is 4.49. The zero-order valence-corrected chi connectivity index (χ0v) is 8.16. The number of nitrogens with zero attached hydrogens (tertiary/aromatic N) is 3. The molecule has 2 aromatic rings. The number of aromatic carboxylic acids is 1. The highest BCUT2D eigenvalue weighted by Crippen LogP contribution is 2.10. The average molecular weight is 216 g/mol. The van der Waals surface area contributed by atoms with E-state index in [2.05, 4.69) is 20.3 Å². The summed E-state index contributed by atoms with van der Waals surface area (Å²) in [4.78, 5) is 22.3. The highest BCUT2D eigenvalue weighted by atomic mass is 16.4. The Balaban J connectivity index is 2.22. The van der Waals surface area contributed by atoms with Gasteiger partial charge in [-0.2, -0.15) is 0 Å². The second kappa shape index (κ2) is 4.35. The Morgan fingerprint density at radius 3 is 2.62 bits per heavy atom. The minimum Gasteiger partial charge on any atom is -0.477 e. The number of pyridine rings is 1. The maximum absolute atomic E-state index is 10.7. The summed E-state index contributed by atoms with van der Waals surface area (Å²) in [5.41, 5.74) is 0.698. The molecule has 0 aliphatic heterocycles. The van der Waals surface area contributed by atoms with Gasteiger partial charge in [0.25, 0.3) is 0 Å². The first-order chi connectivity index (χ1) is 7.75. The van der Waals surface area contributed by atoms with Gasteiger partial charge in [0.15, 0.2) is 5.69 Å². The highest BCUT2D eigenvalue weighted by Gasteiger charge is 2.05. The summed E-state index contributed by atoms with van der Waals surface area (Å²) in [5, 5.41) is 11.6. The summed E-state index contributed by atoms with van der Waals surface area (Å²) in [6.45, 7) is 0. The van der Waals surface area contributed by atoms with E-state index in [4.69, 9.17) is 5.11 Å². The fraction of sp³-hybridized carbons (Fsp3) is 0. The quantitative estimate of drug-likeness (QED) is 0.804. The van der Waals surface area contributed by atoms with E-state index in [-0.39, 0.29) is 11.6 Å². The van der Waals surface area contributed by atoms with Gasteiger partial charge in [-0.1, -0.05) is 0 Å². The van der Waals surface area contributed by atoms with Crippen LogP contribution in [0.5, 0.6) is 0 Å². The summed E-state index contributed by atoms with van der Waals surface area (Å²) >= 11 is 0. The third-order valence-electron chi connectivity index (χ3n) is 1.81. The van der Waals surface area contributed by atoms with Crippen LogP contribution < -0.4 is 5.32 Å². The predicted molar refractivity (Wildman–Crippen MR) is 56.5 cm³/mol. The Labute approximate surface area is 91.0 Å². The Bertz CT molecular complexity index is 501.